The molecule has 5 rings (SSSR count). The van der Waals surface area contributed by atoms with Gasteiger partial charge in [-0.25, -0.2) is 13.8 Å². The second kappa shape index (κ2) is 7.35. The summed E-state index contributed by atoms with van der Waals surface area (Å²) in [4.78, 5) is 4.38. The molecule has 1 aromatic heterocycles. The Bertz CT molecular complexity index is 1300. The zero-order chi connectivity index (χ0) is 20.7. The summed E-state index contributed by atoms with van der Waals surface area (Å²) in [7, 11) is 0. The van der Waals surface area contributed by atoms with E-state index in [0.717, 1.165) is 34.4 Å². The van der Waals surface area contributed by atoms with E-state index in [2.05, 4.69) is 4.98 Å². The summed E-state index contributed by atoms with van der Waals surface area (Å²) in [5.41, 5.74) is 4.37. The van der Waals surface area contributed by atoms with Crippen molar-refractivity contribution in [2.75, 3.05) is 0 Å². The van der Waals surface area contributed by atoms with Crippen LogP contribution < -0.4 is 4.74 Å². The Kier molecular flexibility index (Phi) is 4.52. The number of aromatic nitrogens is 1. The first-order chi connectivity index (χ1) is 14.6. The number of ether oxygens (including phenoxy) is 1. The van der Waals surface area contributed by atoms with Crippen molar-refractivity contribution in [1.82, 2.24) is 4.98 Å². The standard InChI is InChI=1S/C25H17F2NO2/c26-21-12-16-8-10-18(28-23(16)13-22(21)27)9-6-15-5-7-17-14-30-24-4-2-1-3-19(24)25(29)20(17)11-15/h1-13,25,29H,14H2/b9-6+. The summed E-state index contributed by atoms with van der Waals surface area (Å²) < 4.78 is 32.7. The summed E-state index contributed by atoms with van der Waals surface area (Å²) in [5.74, 6) is -1.12. The number of aliphatic hydroxyl groups excluding tert-OH is 1. The molecule has 30 heavy (non-hydrogen) atoms. The number of halogens is 2. The van der Waals surface area contributed by atoms with E-state index in [1.165, 1.54) is 0 Å². The molecule has 0 radical (unpaired) electrons. The zero-order valence-electron chi connectivity index (χ0n) is 15.8. The van der Waals surface area contributed by atoms with Gasteiger partial charge in [0.2, 0.25) is 0 Å². The number of pyridine rings is 1. The quantitative estimate of drug-likeness (QED) is 0.471. The van der Waals surface area contributed by atoms with E-state index < -0.39 is 17.7 Å². The molecule has 5 heteroatoms. The summed E-state index contributed by atoms with van der Waals surface area (Å²) >= 11 is 0. The first-order valence-corrected chi connectivity index (χ1v) is 9.55. The number of benzene rings is 3. The molecular formula is C25H17F2NO2. The molecule has 1 N–H and O–H groups in total. The molecule has 0 bridgehead atoms. The smallest absolute Gasteiger partial charge is 0.161 e. The van der Waals surface area contributed by atoms with Gasteiger partial charge in [-0.1, -0.05) is 42.5 Å². The number of rotatable bonds is 2. The molecule has 0 spiro atoms. The van der Waals surface area contributed by atoms with Crippen molar-refractivity contribution in [2.24, 2.45) is 0 Å². The Morgan fingerprint density at radius 3 is 2.63 bits per heavy atom. The van der Waals surface area contributed by atoms with Crippen molar-refractivity contribution in [3.8, 4) is 5.75 Å². The van der Waals surface area contributed by atoms with Crippen LogP contribution in [0.2, 0.25) is 0 Å². The highest BCUT2D eigenvalue weighted by Crippen LogP contribution is 2.36. The zero-order valence-corrected chi connectivity index (χ0v) is 15.8. The third kappa shape index (κ3) is 3.33. The Morgan fingerprint density at radius 1 is 0.900 bits per heavy atom. The highest BCUT2D eigenvalue weighted by atomic mass is 19.2. The van der Waals surface area contributed by atoms with Crippen molar-refractivity contribution in [3.05, 3.63) is 106 Å². The highest BCUT2D eigenvalue weighted by Gasteiger charge is 2.22. The number of nitrogens with zero attached hydrogens (tertiary/aromatic N) is 1. The summed E-state index contributed by atoms with van der Waals surface area (Å²) in [6.45, 7) is 0.391. The number of fused-ring (bicyclic) bond motifs is 3. The predicted molar refractivity (Wildman–Crippen MR) is 112 cm³/mol. The van der Waals surface area contributed by atoms with E-state index in [-0.39, 0.29) is 0 Å². The number of para-hydroxylation sites is 1. The van der Waals surface area contributed by atoms with Crippen LogP contribution in [-0.4, -0.2) is 10.1 Å². The second-order valence-corrected chi connectivity index (χ2v) is 7.22. The van der Waals surface area contributed by atoms with Crippen LogP contribution in [0.4, 0.5) is 8.78 Å². The monoisotopic (exact) mass is 401 g/mol. The predicted octanol–water partition coefficient (Wildman–Crippen LogP) is 5.66. The largest absolute Gasteiger partial charge is 0.488 e. The lowest BCUT2D eigenvalue weighted by Crippen LogP contribution is -2.01. The van der Waals surface area contributed by atoms with Gasteiger partial charge in [-0.15, -0.1) is 0 Å². The van der Waals surface area contributed by atoms with E-state index in [1.807, 2.05) is 48.5 Å². The Labute approximate surface area is 171 Å². The van der Waals surface area contributed by atoms with Gasteiger partial charge in [0.1, 0.15) is 18.5 Å². The summed E-state index contributed by atoms with van der Waals surface area (Å²) in [6, 6.07) is 19.0. The fourth-order valence-electron chi connectivity index (χ4n) is 3.67. The molecule has 1 atom stereocenters. The van der Waals surface area contributed by atoms with Crippen molar-refractivity contribution in [1.29, 1.82) is 0 Å². The lowest BCUT2D eigenvalue weighted by molar-refractivity contribution is 0.218. The maximum Gasteiger partial charge on any atom is 0.161 e. The van der Waals surface area contributed by atoms with Crippen LogP contribution in [0.5, 0.6) is 5.75 Å². The van der Waals surface area contributed by atoms with Crippen LogP contribution in [0.15, 0.2) is 66.7 Å². The molecule has 0 aliphatic carbocycles. The first-order valence-electron chi connectivity index (χ1n) is 9.55. The lowest BCUT2D eigenvalue weighted by Gasteiger charge is -2.13. The molecule has 148 valence electrons. The molecule has 2 heterocycles. The van der Waals surface area contributed by atoms with Crippen LogP contribution in [0.3, 0.4) is 0 Å². The molecule has 1 aliphatic heterocycles. The molecule has 1 aliphatic rings. The maximum atomic E-state index is 13.5. The van der Waals surface area contributed by atoms with Crippen LogP contribution >= 0.6 is 0 Å². The van der Waals surface area contributed by atoms with Gasteiger partial charge < -0.3 is 9.84 Å². The molecule has 1 unspecified atom stereocenters. The summed E-state index contributed by atoms with van der Waals surface area (Å²) in [6.07, 6.45) is 2.90. The molecule has 0 amide bonds. The maximum absolute atomic E-state index is 13.5. The average molecular weight is 401 g/mol. The Balaban J connectivity index is 1.47. The SMILES string of the molecule is OC1c2cc(/C=C/c3ccc4cc(F)c(F)cc4n3)ccc2COc2ccccc21. The number of aliphatic hydroxyl groups is 1. The Hall–Kier alpha value is -3.57. The molecule has 0 saturated heterocycles. The topological polar surface area (TPSA) is 42.4 Å². The molecule has 0 saturated carbocycles. The van der Waals surface area contributed by atoms with Crippen LogP contribution in [0.1, 0.15) is 34.1 Å². The van der Waals surface area contributed by atoms with Gasteiger partial charge in [0, 0.05) is 17.0 Å². The van der Waals surface area contributed by atoms with Gasteiger partial charge >= 0.3 is 0 Å². The minimum Gasteiger partial charge on any atom is -0.488 e. The van der Waals surface area contributed by atoms with E-state index in [0.29, 0.717) is 29.0 Å². The van der Waals surface area contributed by atoms with Crippen LogP contribution in [0.25, 0.3) is 23.1 Å². The molecule has 4 aromatic rings. The van der Waals surface area contributed by atoms with Crippen LogP contribution in [0, 0.1) is 11.6 Å². The van der Waals surface area contributed by atoms with Crippen LogP contribution in [-0.2, 0) is 6.61 Å². The number of hydrogen-bond donors (Lipinski definition) is 1. The molecular weight excluding hydrogens is 384 g/mol. The minimum absolute atomic E-state index is 0.391. The summed E-state index contributed by atoms with van der Waals surface area (Å²) in [5, 5.41) is 11.4. The first kappa shape index (κ1) is 18.5. The minimum atomic E-state index is -0.918. The molecule has 3 nitrogen and oxygen atoms in total. The van der Waals surface area contributed by atoms with Crippen molar-refractivity contribution >= 4 is 23.1 Å². The second-order valence-electron chi connectivity index (χ2n) is 7.22. The van der Waals surface area contributed by atoms with Gasteiger partial charge in [0.15, 0.2) is 11.6 Å². The third-order valence-corrected chi connectivity index (χ3v) is 5.26. The van der Waals surface area contributed by atoms with Gasteiger partial charge in [-0.05, 0) is 47.0 Å². The van der Waals surface area contributed by atoms with Crippen molar-refractivity contribution in [2.45, 2.75) is 12.7 Å². The number of hydrogen-bond acceptors (Lipinski definition) is 3. The average Bonchev–Trinajstić information content (AvgIpc) is 2.90. The van der Waals surface area contributed by atoms with Gasteiger partial charge in [0.25, 0.3) is 0 Å². The normalized spacial score (nSPS) is 15.5. The van der Waals surface area contributed by atoms with Gasteiger partial charge in [0.05, 0.1) is 11.2 Å². The fraction of sp³-hybridized carbons (Fsp3) is 0.0800. The van der Waals surface area contributed by atoms with E-state index in [9.17, 15) is 13.9 Å². The van der Waals surface area contributed by atoms with Crippen molar-refractivity contribution in [3.63, 3.8) is 0 Å². The fourth-order valence-corrected chi connectivity index (χ4v) is 3.67. The lowest BCUT2D eigenvalue weighted by atomic mass is 9.95. The van der Waals surface area contributed by atoms with Gasteiger partial charge in [-0.3, -0.25) is 0 Å². The molecule has 3 aromatic carbocycles. The highest BCUT2D eigenvalue weighted by molar-refractivity contribution is 5.81. The van der Waals surface area contributed by atoms with Gasteiger partial charge in [-0.2, -0.15) is 0 Å². The Morgan fingerprint density at radius 2 is 1.73 bits per heavy atom. The molecule has 0 fully saturated rings. The third-order valence-electron chi connectivity index (χ3n) is 5.26. The van der Waals surface area contributed by atoms with Crippen molar-refractivity contribution < 1.29 is 18.6 Å². The van der Waals surface area contributed by atoms with E-state index in [1.54, 1.807) is 18.2 Å². The van der Waals surface area contributed by atoms with E-state index in [4.69, 9.17) is 4.74 Å². The van der Waals surface area contributed by atoms with E-state index >= 15 is 0 Å².